The van der Waals surface area contributed by atoms with E-state index >= 15 is 0 Å². The van der Waals surface area contributed by atoms with Crippen LogP contribution in [0, 0.1) is 0 Å². The summed E-state index contributed by atoms with van der Waals surface area (Å²) in [6, 6.07) is 16.1. The van der Waals surface area contributed by atoms with Gasteiger partial charge in [-0.1, -0.05) is 68.3 Å². The van der Waals surface area contributed by atoms with Gasteiger partial charge in [0.2, 0.25) is 5.82 Å². The number of fused-ring (bicyclic) bond motifs is 1. The summed E-state index contributed by atoms with van der Waals surface area (Å²) in [5, 5.41) is 14.5. The number of tetrazole rings is 1. The number of benzene rings is 2. The normalized spacial score (nSPS) is 11.5. The van der Waals surface area contributed by atoms with E-state index in [1.54, 1.807) is 14.2 Å². The highest BCUT2D eigenvalue weighted by molar-refractivity contribution is 5.80. The van der Waals surface area contributed by atoms with Gasteiger partial charge in [0, 0.05) is 32.7 Å². The van der Waals surface area contributed by atoms with E-state index in [-0.39, 0.29) is 24.4 Å². The number of methoxy groups -OCH3 is 1. The maximum atomic E-state index is 13.6. The molecule has 0 aliphatic carbocycles. The van der Waals surface area contributed by atoms with Crippen molar-refractivity contribution in [3.05, 3.63) is 80.8 Å². The largest absolute Gasteiger partial charge is 0.383 e. The average molecular weight is 529 g/mol. The van der Waals surface area contributed by atoms with Crippen molar-refractivity contribution < 1.29 is 4.74 Å². The fourth-order valence-electron chi connectivity index (χ4n) is 4.87. The van der Waals surface area contributed by atoms with Gasteiger partial charge in [-0.3, -0.25) is 13.9 Å². The number of rotatable bonds is 11. The monoisotopic (exact) mass is 528 g/mol. The topological polar surface area (TPSA) is 126 Å². The number of hydrogen-bond donors (Lipinski definition) is 1. The predicted molar refractivity (Wildman–Crippen MR) is 148 cm³/mol. The molecule has 0 amide bonds. The molecule has 0 radical (unpaired) electrons. The fourth-order valence-corrected chi connectivity index (χ4v) is 4.87. The molecule has 0 aliphatic rings. The number of ether oxygens (including phenoxy) is 1. The van der Waals surface area contributed by atoms with E-state index in [4.69, 9.17) is 9.72 Å². The van der Waals surface area contributed by atoms with Gasteiger partial charge in [-0.05, 0) is 28.3 Å². The van der Waals surface area contributed by atoms with Crippen molar-refractivity contribution in [2.24, 2.45) is 7.05 Å². The maximum Gasteiger partial charge on any atom is 0.332 e. The lowest BCUT2D eigenvalue weighted by Gasteiger charge is -2.12. The first-order valence-electron chi connectivity index (χ1n) is 13.1. The van der Waals surface area contributed by atoms with Crippen LogP contribution in [0.15, 0.2) is 58.1 Å². The highest BCUT2D eigenvalue weighted by atomic mass is 16.5. The molecule has 0 aliphatic heterocycles. The summed E-state index contributed by atoms with van der Waals surface area (Å²) >= 11 is 0. The van der Waals surface area contributed by atoms with Crippen LogP contribution in [0.5, 0.6) is 0 Å². The fraction of sp³-hybridized carbons (Fsp3) is 0.357. The summed E-state index contributed by atoms with van der Waals surface area (Å²) in [5.74, 6) is 1.34. The van der Waals surface area contributed by atoms with E-state index in [0.29, 0.717) is 23.5 Å². The molecule has 0 spiro atoms. The smallest absolute Gasteiger partial charge is 0.332 e. The zero-order chi connectivity index (χ0) is 27.4. The molecule has 1 N–H and O–H groups in total. The summed E-state index contributed by atoms with van der Waals surface area (Å²) < 4.78 is 9.81. The Kier molecular flexibility index (Phi) is 7.78. The van der Waals surface area contributed by atoms with E-state index in [1.165, 1.54) is 9.13 Å². The van der Waals surface area contributed by atoms with Crippen molar-refractivity contribution in [1.82, 2.24) is 39.3 Å². The van der Waals surface area contributed by atoms with Crippen LogP contribution in [0.1, 0.15) is 37.6 Å². The van der Waals surface area contributed by atoms with Crippen molar-refractivity contribution in [2.45, 2.75) is 45.7 Å². The summed E-state index contributed by atoms with van der Waals surface area (Å²) in [7, 11) is 3.21. The van der Waals surface area contributed by atoms with Gasteiger partial charge in [-0.25, -0.2) is 9.78 Å². The molecule has 0 atom stereocenters. The first kappa shape index (κ1) is 26.2. The molecule has 0 saturated carbocycles. The van der Waals surface area contributed by atoms with E-state index in [0.717, 1.165) is 53.8 Å². The SMILES string of the molecule is CCCCCc1nc2c(c(=O)n(CCOC)c(=O)n2C)n1Cc1ccc(-c2ccccc2-c2nn[nH]n2)cc1. The minimum atomic E-state index is -0.390. The van der Waals surface area contributed by atoms with Crippen LogP contribution in [0.2, 0.25) is 0 Å². The van der Waals surface area contributed by atoms with Gasteiger partial charge in [-0.2, -0.15) is 5.21 Å². The van der Waals surface area contributed by atoms with Gasteiger partial charge in [0.1, 0.15) is 5.82 Å². The van der Waals surface area contributed by atoms with Gasteiger partial charge in [0.05, 0.1) is 13.2 Å². The molecule has 0 unspecified atom stereocenters. The molecule has 0 fully saturated rings. The lowest BCUT2D eigenvalue weighted by molar-refractivity contribution is 0.184. The number of nitrogens with zero attached hydrogens (tertiary/aromatic N) is 7. The molecule has 5 rings (SSSR count). The number of nitrogens with one attached hydrogen (secondary N) is 1. The number of aromatic nitrogens is 8. The molecule has 11 heteroatoms. The van der Waals surface area contributed by atoms with E-state index in [1.807, 2.05) is 28.8 Å². The molecule has 5 aromatic rings. The van der Waals surface area contributed by atoms with Gasteiger partial charge in [-0.15, -0.1) is 10.2 Å². The van der Waals surface area contributed by atoms with Crippen molar-refractivity contribution in [3.8, 4) is 22.5 Å². The standard InChI is InChI=1S/C28H32N8O3/c1-4-5-6-11-23-29-26-24(27(37)35(16-17-39-3)28(38)34(26)2)36(23)18-19-12-14-20(15-13-19)21-9-7-8-10-22(21)25-30-32-33-31-25/h7-10,12-15H,4-6,11,16-18H2,1-3H3,(H,30,31,32,33). The van der Waals surface area contributed by atoms with Crippen LogP contribution in [-0.4, -0.2) is 53.0 Å². The second-order valence-corrected chi connectivity index (χ2v) is 9.51. The van der Waals surface area contributed by atoms with Crippen LogP contribution in [0.3, 0.4) is 0 Å². The molecule has 3 heterocycles. The first-order chi connectivity index (χ1) is 19.0. The van der Waals surface area contributed by atoms with Crippen molar-refractivity contribution in [2.75, 3.05) is 13.7 Å². The highest BCUT2D eigenvalue weighted by Gasteiger charge is 2.20. The van der Waals surface area contributed by atoms with Crippen LogP contribution in [-0.2, 0) is 31.3 Å². The average Bonchev–Trinajstić information content (AvgIpc) is 3.62. The number of hydrogen-bond acceptors (Lipinski definition) is 7. The van der Waals surface area contributed by atoms with Crippen molar-refractivity contribution >= 4 is 11.2 Å². The Bertz CT molecular complexity index is 1680. The zero-order valence-corrected chi connectivity index (χ0v) is 22.4. The Morgan fingerprint density at radius 1 is 0.974 bits per heavy atom. The summed E-state index contributed by atoms with van der Waals surface area (Å²) in [6.45, 7) is 3.07. The predicted octanol–water partition coefficient (Wildman–Crippen LogP) is 3.17. The first-order valence-corrected chi connectivity index (χ1v) is 13.1. The summed E-state index contributed by atoms with van der Waals surface area (Å²) in [5.41, 5.74) is 4.03. The van der Waals surface area contributed by atoms with Crippen molar-refractivity contribution in [3.63, 3.8) is 0 Å². The molecular weight excluding hydrogens is 496 g/mol. The summed E-state index contributed by atoms with van der Waals surface area (Å²) in [4.78, 5) is 31.3. The third-order valence-electron chi connectivity index (χ3n) is 6.95. The second-order valence-electron chi connectivity index (χ2n) is 9.51. The summed E-state index contributed by atoms with van der Waals surface area (Å²) in [6.07, 6.45) is 3.83. The Hall–Kier alpha value is -4.38. The molecule has 202 valence electrons. The van der Waals surface area contributed by atoms with Crippen LogP contribution in [0.25, 0.3) is 33.7 Å². The van der Waals surface area contributed by atoms with Crippen LogP contribution < -0.4 is 11.2 Å². The third-order valence-corrected chi connectivity index (χ3v) is 6.95. The Balaban J connectivity index is 1.55. The van der Waals surface area contributed by atoms with Gasteiger partial charge >= 0.3 is 5.69 Å². The van der Waals surface area contributed by atoms with Crippen LogP contribution in [0.4, 0.5) is 0 Å². The van der Waals surface area contributed by atoms with Gasteiger partial charge in [0.25, 0.3) is 5.56 Å². The molecular formula is C28H32N8O3. The van der Waals surface area contributed by atoms with Gasteiger partial charge < -0.3 is 9.30 Å². The van der Waals surface area contributed by atoms with E-state index < -0.39 is 0 Å². The Morgan fingerprint density at radius 2 is 1.74 bits per heavy atom. The third kappa shape index (κ3) is 5.17. The van der Waals surface area contributed by atoms with Crippen LogP contribution >= 0.6 is 0 Å². The number of aryl methyl sites for hydroxylation is 2. The molecule has 0 bridgehead atoms. The lowest BCUT2D eigenvalue weighted by Crippen LogP contribution is -2.40. The zero-order valence-electron chi connectivity index (χ0n) is 22.4. The van der Waals surface area contributed by atoms with Gasteiger partial charge in [0.15, 0.2) is 11.2 Å². The number of aromatic amines is 1. The molecule has 2 aromatic carbocycles. The van der Waals surface area contributed by atoms with Crippen molar-refractivity contribution in [1.29, 1.82) is 0 Å². The minimum absolute atomic E-state index is 0.183. The second kappa shape index (κ2) is 11.6. The highest BCUT2D eigenvalue weighted by Crippen LogP contribution is 2.30. The quantitative estimate of drug-likeness (QED) is 0.261. The maximum absolute atomic E-state index is 13.6. The Morgan fingerprint density at radius 3 is 2.44 bits per heavy atom. The lowest BCUT2D eigenvalue weighted by atomic mass is 9.98. The number of imidazole rings is 1. The molecule has 11 nitrogen and oxygen atoms in total. The Labute approximate surface area is 225 Å². The molecule has 0 saturated heterocycles. The molecule has 3 aromatic heterocycles. The van der Waals surface area contributed by atoms with E-state index in [9.17, 15) is 9.59 Å². The minimum Gasteiger partial charge on any atom is -0.383 e. The number of unbranched alkanes of at least 4 members (excludes halogenated alkanes) is 2. The number of H-pyrrole nitrogens is 1. The molecule has 39 heavy (non-hydrogen) atoms. The van der Waals surface area contributed by atoms with E-state index in [2.05, 4.69) is 51.8 Å².